The molecular weight excluding hydrogens is 392 g/mol. The first-order valence-corrected chi connectivity index (χ1v) is 10.7. The summed E-state index contributed by atoms with van der Waals surface area (Å²) in [5, 5.41) is 10.5. The molecule has 9 nitrogen and oxygen atoms in total. The number of ether oxygens (including phenoxy) is 1. The number of rotatable bonds is 5. The van der Waals surface area contributed by atoms with Gasteiger partial charge in [-0.1, -0.05) is 19.1 Å². The van der Waals surface area contributed by atoms with Gasteiger partial charge in [0.05, 0.1) is 37.4 Å². The quantitative estimate of drug-likeness (QED) is 0.768. The van der Waals surface area contributed by atoms with Gasteiger partial charge in [-0.2, -0.15) is 20.1 Å². The molecule has 0 aromatic carbocycles. The van der Waals surface area contributed by atoms with Crippen molar-refractivity contribution in [3.05, 3.63) is 41.5 Å². The van der Waals surface area contributed by atoms with Gasteiger partial charge in [0.1, 0.15) is 0 Å². The van der Waals surface area contributed by atoms with Crippen molar-refractivity contribution in [2.75, 3.05) is 49.6 Å². The highest BCUT2D eigenvalue weighted by atomic mass is 16.5. The Balaban J connectivity index is 1.45. The van der Waals surface area contributed by atoms with Crippen LogP contribution in [0.5, 0.6) is 0 Å². The van der Waals surface area contributed by atoms with E-state index < -0.39 is 0 Å². The lowest BCUT2D eigenvalue weighted by molar-refractivity contribution is 0.122. The molecule has 0 amide bonds. The monoisotopic (exact) mass is 418 g/mol. The van der Waals surface area contributed by atoms with Crippen molar-refractivity contribution in [2.45, 2.75) is 13.3 Å². The molecule has 2 aromatic rings. The number of hydrogen-bond donors (Lipinski definition) is 2. The molecule has 2 N–H and O–H groups in total. The second-order valence-corrected chi connectivity index (χ2v) is 7.92. The summed E-state index contributed by atoms with van der Waals surface area (Å²) in [6, 6.07) is 0. The Morgan fingerprint density at radius 3 is 2.94 bits per heavy atom. The molecule has 2 aliphatic heterocycles. The number of morpholine rings is 1. The van der Waals surface area contributed by atoms with Crippen LogP contribution in [0.1, 0.15) is 30.4 Å². The summed E-state index contributed by atoms with van der Waals surface area (Å²) >= 11 is 0. The van der Waals surface area contributed by atoms with Crippen molar-refractivity contribution in [1.82, 2.24) is 25.1 Å². The van der Waals surface area contributed by atoms with Gasteiger partial charge in [-0.25, -0.2) is 0 Å². The second-order valence-electron chi connectivity index (χ2n) is 7.92. The van der Waals surface area contributed by atoms with Gasteiger partial charge in [0.15, 0.2) is 5.82 Å². The third kappa shape index (κ3) is 4.56. The molecule has 31 heavy (non-hydrogen) atoms. The van der Waals surface area contributed by atoms with Gasteiger partial charge in [0.2, 0.25) is 11.9 Å². The Bertz CT molecular complexity index is 1060. The summed E-state index contributed by atoms with van der Waals surface area (Å²) in [6.45, 7) is 6.45. The number of H-pyrrole nitrogens is 1. The fourth-order valence-electron chi connectivity index (χ4n) is 3.69. The van der Waals surface area contributed by atoms with Crippen molar-refractivity contribution in [3.63, 3.8) is 0 Å². The molecule has 1 aliphatic carbocycles. The first-order valence-electron chi connectivity index (χ1n) is 10.7. The lowest BCUT2D eigenvalue weighted by Crippen LogP contribution is -2.37. The largest absolute Gasteiger partial charge is 0.378 e. The molecule has 160 valence electrons. The van der Waals surface area contributed by atoms with Crippen LogP contribution >= 0.6 is 0 Å². The van der Waals surface area contributed by atoms with Gasteiger partial charge in [0.25, 0.3) is 0 Å². The van der Waals surface area contributed by atoms with E-state index in [2.05, 4.69) is 56.6 Å². The normalized spacial score (nSPS) is 20.7. The average Bonchev–Trinajstić information content (AvgIpc) is 3.15. The number of fused-ring (bicyclic) bond motifs is 1. The van der Waals surface area contributed by atoms with Crippen LogP contribution in [0.3, 0.4) is 0 Å². The molecule has 1 atom stereocenters. The maximum Gasteiger partial charge on any atom is 0.230 e. The Hall–Kier alpha value is -3.33. The summed E-state index contributed by atoms with van der Waals surface area (Å²) in [4.78, 5) is 21.0. The van der Waals surface area contributed by atoms with E-state index in [0.717, 1.165) is 48.6 Å². The number of nitrogens with zero attached hydrogens (tertiary/aromatic N) is 6. The van der Waals surface area contributed by atoms with E-state index >= 15 is 0 Å². The Labute approximate surface area is 181 Å². The van der Waals surface area contributed by atoms with E-state index in [1.54, 1.807) is 0 Å². The van der Waals surface area contributed by atoms with Crippen LogP contribution < -0.4 is 10.2 Å². The predicted molar refractivity (Wildman–Crippen MR) is 122 cm³/mol. The molecule has 9 heteroatoms. The number of nitrogens with one attached hydrogen (secondary N) is 2. The summed E-state index contributed by atoms with van der Waals surface area (Å²) in [7, 11) is 0. The second kappa shape index (κ2) is 8.81. The van der Waals surface area contributed by atoms with E-state index in [0.29, 0.717) is 43.4 Å². The van der Waals surface area contributed by atoms with Crippen molar-refractivity contribution in [2.24, 2.45) is 10.9 Å². The van der Waals surface area contributed by atoms with Crippen LogP contribution in [0.15, 0.2) is 29.4 Å². The van der Waals surface area contributed by atoms with E-state index in [-0.39, 0.29) is 0 Å². The van der Waals surface area contributed by atoms with Crippen LogP contribution in [-0.4, -0.2) is 70.3 Å². The molecule has 2 aromatic heterocycles. The maximum atomic E-state index is 5.50. The number of anilines is 2. The smallest absolute Gasteiger partial charge is 0.230 e. The highest BCUT2D eigenvalue weighted by Crippen LogP contribution is 2.26. The zero-order chi connectivity index (χ0) is 21.0. The molecule has 5 rings (SSSR count). The first-order chi connectivity index (χ1) is 15.2. The van der Waals surface area contributed by atoms with Crippen molar-refractivity contribution in [3.8, 4) is 0 Å². The number of aromatic amines is 1. The zero-order valence-electron chi connectivity index (χ0n) is 17.6. The Morgan fingerprint density at radius 2 is 2.10 bits per heavy atom. The van der Waals surface area contributed by atoms with Crippen molar-refractivity contribution < 1.29 is 4.74 Å². The minimum absolute atomic E-state index is 0.489. The van der Waals surface area contributed by atoms with Gasteiger partial charge in [0, 0.05) is 30.8 Å². The van der Waals surface area contributed by atoms with Gasteiger partial charge in [-0.15, -0.1) is 0 Å². The van der Waals surface area contributed by atoms with Gasteiger partial charge >= 0.3 is 0 Å². The fraction of sp³-hybridized carbons (Fsp3) is 0.409. The van der Waals surface area contributed by atoms with E-state index in [9.17, 15) is 0 Å². The molecule has 1 unspecified atom stereocenters. The molecule has 1 fully saturated rings. The number of aromatic nitrogens is 5. The molecule has 0 bridgehead atoms. The minimum Gasteiger partial charge on any atom is -0.378 e. The maximum absolute atomic E-state index is 5.50. The number of hydrogen-bond acceptors (Lipinski definition) is 8. The van der Waals surface area contributed by atoms with Crippen LogP contribution in [0.4, 0.5) is 11.9 Å². The summed E-state index contributed by atoms with van der Waals surface area (Å²) < 4.78 is 5.50. The minimum atomic E-state index is 0.489. The van der Waals surface area contributed by atoms with Gasteiger partial charge in [-0.3, -0.25) is 10.1 Å². The summed E-state index contributed by atoms with van der Waals surface area (Å²) in [6.07, 6.45) is 13.1. The third-order valence-electron chi connectivity index (χ3n) is 5.48. The third-order valence-corrected chi connectivity index (χ3v) is 5.48. The van der Waals surface area contributed by atoms with Crippen molar-refractivity contribution in [1.29, 1.82) is 0 Å². The Morgan fingerprint density at radius 1 is 1.19 bits per heavy atom. The lowest BCUT2D eigenvalue weighted by Gasteiger charge is -2.27. The van der Waals surface area contributed by atoms with Crippen molar-refractivity contribution >= 4 is 35.3 Å². The number of allylic oxidation sites excluding steroid dienone is 2. The zero-order valence-corrected chi connectivity index (χ0v) is 17.6. The van der Waals surface area contributed by atoms with Crippen LogP contribution in [0.2, 0.25) is 0 Å². The first kappa shape index (κ1) is 19.6. The van der Waals surface area contributed by atoms with Gasteiger partial charge in [-0.05, 0) is 30.6 Å². The van der Waals surface area contributed by atoms with E-state index in [1.807, 2.05) is 12.3 Å². The average molecular weight is 419 g/mol. The van der Waals surface area contributed by atoms with Crippen LogP contribution in [-0.2, 0) is 4.74 Å². The highest BCUT2D eigenvalue weighted by Gasteiger charge is 2.19. The SMILES string of the molecule is CC1C=CC(CNc2nc(C3=Cc4cn[nH]c4C=CC3)nc(N3CCOCC3)n2)=NC1. The van der Waals surface area contributed by atoms with E-state index in [1.165, 1.54) is 0 Å². The molecule has 0 spiro atoms. The fourth-order valence-corrected chi connectivity index (χ4v) is 3.69. The highest BCUT2D eigenvalue weighted by molar-refractivity contribution is 5.98. The molecule has 0 saturated carbocycles. The molecule has 1 saturated heterocycles. The molecular formula is C22H26N8O. The molecule has 3 aliphatic rings. The summed E-state index contributed by atoms with van der Waals surface area (Å²) in [5.74, 6) is 2.39. The lowest BCUT2D eigenvalue weighted by atomic mass is 10.1. The number of aliphatic imine (C=N–C) groups is 1. The number of dihydropyridines is 1. The Kier molecular flexibility index (Phi) is 5.57. The predicted octanol–water partition coefficient (Wildman–Crippen LogP) is 2.45. The standard InChI is InChI=1S/C22H26N8O/c1-15-5-6-18(23-12-15)14-24-21-26-20(27-22(28-21)30-7-9-31-10-8-30)16-3-2-4-19-17(11-16)13-25-29-19/h2,4-6,11,13,15H,3,7-10,12,14H2,1H3,(H,25,29)(H,24,26,27,28). The van der Waals surface area contributed by atoms with Crippen LogP contribution in [0.25, 0.3) is 17.7 Å². The van der Waals surface area contributed by atoms with Crippen LogP contribution in [0, 0.1) is 5.92 Å². The van der Waals surface area contributed by atoms with Gasteiger partial charge < -0.3 is 15.0 Å². The van der Waals surface area contributed by atoms with E-state index in [4.69, 9.17) is 19.7 Å². The molecule has 4 heterocycles. The molecule has 0 radical (unpaired) electrons. The summed E-state index contributed by atoms with van der Waals surface area (Å²) in [5.41, 5.74) is 4.06. The topological polar surface area (TPSA) is 104 Å².